The van der Waals surface area contributed by atoms with Crippen molar-refractivity contribution in [3.63, 3.8) is 0 Å². The number of aryl methyl sites for hydroxylation is 1. The Labute approximate surface area is 137 Å². The van der Waals surface area contributed by atoms with Crippen LogP contribution in [0.15, 0.2) is 30.5 Å². The molecule has 4 nitrogen and oxygen atoms in total. The Morgan fingerprint density at radius 2 is 2.00 bits per heavy atom. The Kier molecular flexibility index (Phi) is 4.35. The van der Waals surface area contributed by atoms with Gasteiger partial charge in [0.25, 0.3) is 12.3 Å². The van der Waals surface area contributed by atoms with Gasteiger partial charge in [-0.2, -0.15) is 5.10 Å². The van der Waals surface area contributed by atoms with Crippen molar-refractivity contribution < 1.29 is 13.6 Å². The summed E-state index contributed by atoms with van der Waals surface area (Å²) in [5.41, 5.74) is 0.475. The van der Waals surface area contributed by atoms with Crippen molar-refractivity contribution in [1.82, 2.24) is 15.1 Å². The summed E-state index contributed by atoms with van der Waals surface area (Å²) in [6.45, 7) is 0. The maximum absolute atomic E-state index is 13.1. The van der Waals surface area contributed by atoms with Gasteiger partial charge in [0.15, 0.2) is 0 Å². The Bertz CT molecular complexity index is 711. The number of benzene rings is 1. The summed E-state index contributed by atoms with van der Waals surface area (Å²) in [5, 5.41) is 7.25. The quantitative estimate of drug-likeness (QED) is 0.898. The van der Waals surface area contributed by atoms with E-state index in [1.165, 1.54) is 13.2 Å². The van der Waals surface area contributed by atoms with Gasteiger partial charge in [-0.25, -0.2) is 8.78 Å². The number of rotatable bonds is 5. The number of amides is 1. The molecule has 1 aromatic carbocycles. The molecule has 0 unspecified atom stereocenters. The Balaban J connectivity index is 1.84. The van der Waals surface area contributed by atoms with Crippen LogP contribution in [0.5, 0.6) is 0 Å². The van der Waals surface area contributed by atoms with Crippen LogP contribution in [0.1, 0.15) is 46.9 Å². The molecule has 1 aliphatic rings. The number of carbonyl (C=O) groups excluding carboxylic acids is 1. The largest absolute Gasteiger partial charge is 0.345 e. The van der Waals surface area contributed by atoms with Crippen molar-refractivity contribution >= 4 is 17.5 Å². The molecule has 1 saturated carbocycles. The van der Waals surface area contributed by atoms with E-state index in [1.807, 2.05) is 12.1 Å². The van der Waals surface area contributed by atoms with Gasteiger partial charge in [0, 0.05) is 12.1 Å². The summed E-state index contributed by atoms with van der Waals surface area (Å²) in [4.78, 5) is 12.4. The lowest BCUT2D eigenvalue weighted by atomic mass is 10.0. The average molecular weight is 340 g/mol. The standard InChI is InChI=1S/C16H16ClF2N3O/c1-22-14(15(18)19)12(8-20-22)16(23)21-13(9-2-3-9)10-4-6-11(17)7-5-10/h4-9,13,15H,2-3H2,1H3,(H,21,23)/t13-/m0/s1. The molecule has 0 saturated heterocycles. The van der Waals surface area contributed by atoms with Gasteiger partial charge in [-0.15, -0.1) is 0 Å². The minimum absolute atomic E-state index is 0.0814. The Hall–Kier alpha value is -1.95. The van der Waals surface area contributed by atoms with Crippen LogP contribution in [-0.2, 0) is 7.05 Å². The number of nitrogens with zero attached hydrogens (tertiary/aromatic N) is 2. The summed E-state index contributed by atoms with van der Waals surface area (Å²) in [5.74, 6) is -0.202. The van der Waals surface area contributed by atoms with Crippen molar-refractivity contribution in [2.75, 3.05) is 0 Å². The van der Waals surface area contributed by atoms with Gasteiger partial charge < -0.3 is 5.32 Å². The van der Waals surface area contributed by atoms with Crippen LogP contribution < -0.4 is 5.32 Å². The molecule has 0 spiro atoms. The molecule has 1 amide bonds. The number of nitrogens with one attached hydrogen (secondary N) is 1. The highest BCUT2D eigenvalue weighted by molar-refractivity contribution is 6.30. The molecule has 1 fully saturated rings. The third-order valence-electron chi connectivity index (χ3n) is 4.05. The number of halogens is 3. The van der Waals surface area contributed by atoms with E-state index in [-0.39, 0.29) is 17.3 Å². The van der Waals surface area contributed by atoms with Crippen LogP contribution >= 0.6 is 11.6 Å². The maximum atomic E-state index is 13.1. The second-order valence-electron chi connectivity index (χ2n) is 5.71. The van der Waals surface area contributed by atoms with E-state index >= 15 is 0 Å². The van der Waals surface area contributed by atoms with Gasteiger partial charge in [0.05, 0.1) is 17.8 Å². The summed E-state index contributed by atoms with van der Waals surface area (Å²) >= 11 is 5.89. The second-order valence-corrected chi connectivity index (χ2v) is 6.14. The smallest absolute Gasteiger partial charge is 0.280 e. The van der Waals surface area contributed by atoms with Gasteiger partial charge >= 0.3 is 0 Å². The molecule has 0 bridgehead atoms. The van der Waals surface area contributed by atoms with E-state index in [2.05, 4.69) is 10.4 Å². The highest BCUT2D eigenvalue weighted by Gasteiger charge is 2.34. The molecule has 1 atom stereocenters. The lowest BCUT2D eigenvalue weighted by Gasteiger charge is -2.19. The molecule has 1 heterocycles. The number of carbonyl (C=O) groups is 1. The van der Waals surface area contributed by atoms with Gasteiger partial charge in [-0.1, -0.05) is 23.7 Å². The van der Waals surface area contributed by atoms with Crippen LogP contribution in [0.2, 0.25) is 5.02 Å². The predicted molar refractivity (Wildman–Crippen MR) is 82.5 cm³/mol. The van der Waals surface area contributed by atoms with Crippen LogP contribution in [0.3, 0.4) is 0 Å². The van der Waals surface area contributed by atoms with E-state index in [9.17, 15) is 13.6 Å². The third-order valence-corrected chi connectivity index (χ3v) is 4.30. The molecule has 1 aliphatic carbocycles. The molecule has 1 aromatic heterocycles. The van der Waals surface area contributed by atoms with Crippen molar-refractivity contribution in [3.8, 4) is 0 Å². The van der Waals surface area contributed by atoms with Crippen LogP contribution in [0.25, 0.3) is 0 Å². The number of aromatic nitrogens is 2. The lowest BCUT2D eigenvalue weighted by molar-refractivity contribution is 0.0915. The fourth-order valence-corrected chi connectivity index (χ4v) is 2.80. The summed E-state index contributed by atoms with van der Waals surface area (Å²) in [6, 6.07) is 7.01. The second kappa shape index (κ2) is 6.28. The lowest BCUT2D eigenvalue weighted by Crippen LogP contribution is -2.30. The Morgan fingerprint density at radius 3 is 2.57 bits per heavy atom. The summed E-state index contributed by atoms with van der Waals surface area (Å²) in [7, 11) is 1.40. The first-order chi connectivity index (χ1) is 11.0. The van der Waals surface area contributed by atoms with Crippen molar-refractivity contribution in [3.05, 3.63) is 52.3 Å². The molecule has 0 radical (unpaired) electrons. The van der Waals surface area contributed by atoms with E-state index in [0.717, 1.165) is 23.1 Å². The normalized spacial score (nSPS) is 15.7. The zero-order valence-corrected chi connectivity index (χ0v) is 13.2. The van der Waals surface area contributed by atoms with E-state index in [1.54, 1.807) is 12.1 Å². The van der Waals surface area contributed by atoms with E-state index < -0.39 is 12.3 Å². The topological polar surface area (TPSA) is 46.9 Å². The zero-order chi connectivity index (χ0) is 16.6. The molecule has 2 aromatic rings. The maximum Gasteiger partial charge on any atom is 0.280 e. The predicted octanol–water partition coefficient (Wildman–Crippen LogP) is 3.89. The first kappa shape index (κ1) is 15.9. The molecule has 1 N–H and O–H groups in total. The Morgan fingerprint density at radius 1 is 1.35 bits per heavy atom. The molecular formula is C16H16ClF2N3O. The molecule has 7 heteroatoms. The van der Waals surface area contributed by atoms with Crippen molar-refractivity contribution in [1.29, 1.82) is 0 Å². The fourth-order valence-electron chi connectivity index (χ4n) is 2.67. The van der Waals surface area contributed by atoms with Crippen LogP contribution in [0, 0.1) is 5.92 Å². The molecule has 23 heavy (non-hydrogen) atoms. The SMILES string of the molecule is Cn1ncc(C(=O)N[C@H](c2ccc(Cl)cc2)C2CC2)c1C(F)F. The van der Waals surface area contributed by atoms with E-state index in [4.69, 9.17) is 11.6 Å². The average Bonchev–Trinajstić information content (AvgIpc) is 3.27. The van der Waals surface area contributed by atoms with Gasteiger partial charge in [-0.3, -0.25) is 9.48 Å². The highest BCUT2D eigenvalue weighted by atomic mass is 35.5. The number of hydrogen-bond donors (Lipinski definition) is 1. The number of alkyl halides is 2. The summed E-state index contributed by atoms with van der Waals surface area (Å²) < 4.78 is 27.2. The molecule has 122 valence electrons. The molecule has 3 rings (SSSR count). The highest BCUT2D eigenvalue weighted by Crippen LogP contribution is 2.41. The minimum atomic E-state index is -2.75. The third kappa shape index (κ3) is 3.37. The van der Waals surface area contributed by atoms with Crippen molar-refractivity contribution in [2.45, 2.75) is 25.3 Å². The van der Waals surface area contributed by atoms with Crippen molar-refractivity contribution in [2.24, 2.45) is 13.0 Å². The molecule has 0 aliphatic heterocycles. The van der Waals surface area contributed by atoms with E-state index in [0.29, 0.717) is 10.9 Å². The monoisotopic (exact) mass is 339 g/mol. The molecular weight excluding hydrogens is 324 g/mol. The fraction of sp³-hybridized carbons (Fsp3) is 0.375. The van der Waals surface area contributed by atoms with Crippen LogP contribution in [-0.4, -0.2) is 15.7 Å². The van der Waals surface area contributed by atoms with Gasteiger partial charge in [-0.05, 0) is 36.5 Å². The first-order valence-electron chi connectivity index (χ1n) is 7.33. The van der Waals surface area contributed by atoms with Crippen LogP contribution in [0.4, 0.5) is 8.78 Å². The zero-order valence-electron chi connectivity index (χ0n) is 12.5. The summed E-state index contributed by atoms with van der Waals surface area (Å²) in [6.07, 6.45) is 0.436. The minimum Gasteiger partial charge on any atom is -0.345 e. The number of hydrogen-bond acceptors (Lipinski definition) is 2. The first-order valence-corrected chi connectivity index (χ1v) is 7.71. The van der Waals surface area contributed by atoms with Gasteiger partial charge in [0.1, 0.15) is 5.69 Å². The van der Waals surface area contributed by atoms with Gasteiger partial charge in [0.2, 0.25) is 0 Å².